The summed E-state index contributed by atoms with van der Waals surface area (Å²) in [6.07, 6.45) is 2.94. The van der Waals surface area contributed by atoms with Crippen LogP contribution in [0.15, 0.2) is 46.4 Å². The number of carbonyl (C=O) groups excluding carboxylic acids is 2. The lowest BCUT2D eigenvalue weighted by atomic mass is 10.0. The third-order valence-electron chi connectivity index (χ3n) is 6.50. The van der Waals surface area contributed by atoms with Crippen LogP contribution in [0.5, 0.6) is 0 Å². The van der Waals surface area contributed by atoms with Crippen LogP contribution in [0.25, 0.3) is 31.1 Å². The number of alkyl carbamates (subject to hydrolysis) is 1. The van der Waals surface area contributed by atoms with Crippen molar-refractivity contribution in [2.75, 3.05) is 13.7 Å². The van der Waals surface area contributed by atoms with Gasteiger partial charge >= 0.3 is 6.09 Å². The molecule has 1 fully saturated rings. The number of amides is 2. The second-order valence-corrected chi connectivity index (χ2v) is 12.7. The average molecular weight is 588 g/mol. The Labute approximate surface area is 226 Å². The number of nitrogens with zero attached hydrogens (tertiary/aromatic N) is 2. The minimum absolute atomic E-state index is 0.0656. The number of benzene rings is 1. The summed E-state index contributed by atoms with van der Waals surface area (Å²) in [5, 5.41) is 2.69. The number of aromatic amines is 1. The fraction of sp³-hybridized carbons (Fsp3) is 0.346. The fourth-order valence-electron chi connectivity index (χ4n) is 4.61. The lowest BCUT2D eigenvalue weighted by molar-refractivity contribution is -0.135. The lowest BCUT2D eigenvalue weighted by Crippen LogP contribution is -2.51. The zero-order valence-corrected chi connectivity index (χ0v) is 23.4. The van der Waals surface area contributed by atoms with E-state index in [1.165, 1.54) is 27.0 Å². The number of thiophene rings is 2. The number of aromatic nitrogens is 2. The van der Waals surface area contributed by atoms with Crippen molar-refractivity contribution in [3.63, 3.8) is 0 Å². The highest BCUT2D eigenvalue weighted by molar-refractivity contribution is 9.11. The SMILES string of the molecule is COC(=O)N[C@H](C(=O)N1CCCC1c1ncc(-c2ccc(-c3cc4sc(Br)cc4s3)cc2)[nH]1)C(C)C. The third kappa shape index (κ3) is 4.94. The summed E-state index contributed by atoms with van der Waals surface area (Å²) in [4.78, 5) is 36.3. The summed E-state index contributed by atoms with van der Waals surface area (Å²) in [6.45, 7) is 4.46. The Hall–Kier alpha value is -2.69. The Morgan fingerprint density at radius 3 is 2.58 bits per heavy atom. The van der Waals surface area contributed by atoms with Gasteiger partial charge in [0, 0.05) is 20.8 Å². The van der Waals surface area contributed by atoms with E-state index in [9.17, 15) is 9.59 Å². The Kier molecular flexibility index (Phi) is 7.18. The molecule has 4 heterocycles. The zero-order valence-electron chi connectivity index (χ0n) is 20.2. The van der Waals surface area contributed by atoms with E-state index in [-0.39, 0.29) is 17.9 Å². The smallest absolute Gasteiger partial charge is 0.407 e. The minimum atomic E-state index is -0.645. The van der Waals surface area contributed by atoms with Gasteiger partial charge in [-0.15, -0.1) is 22.7 Å². The number of methoxy groups -OCH3 is 1. The van der Waals surface area contributed by atoms with Gasteiger partial charge in [-0.05, 0) is 57.9 Å². The third-order valence-corrected chi connectivity index (χ3v) is 9.34. The van der Waals surface area contributed by atoms with Crippen LogP contribution >= 0.6 is 38.6 Å². The van der Waals surface area contributed by atoms with Crippen molar-refractivity contribution in [1.29, 1.82) is 0 Å². The van der Waals surface area contributed by atoms with E-state index in [2.05, 4.69) is 67.6 Å². The molecule has 1 saturated heterocycles. The van der Waals surface area contributed by atoms with Gasteiger partial charge in [0.2, 0.25) is 5.91 Å². The molecule has 2 amide bonds. The second-order valence-electron chi connectivity index (χ2n) is 9.20. The summed E-state index contributed by atoms with van der Waals surface area (Å²) in [5.74, 6) is 0.594. The van der Waals surface area contributed by atoms with Gasteiger partial charge in [-0.1, -0.05) is 38.1 Å². The Balaban J connectivity index is 1.32. The number of likely N-dealkylation sites (tertiary alicyclic amines) is 1. The highest BCUT2D eigenvalue weighted by Crippen LogP contribution is 2.40. The van der Waals surface area contributed by atoms with Crippen LogP contribution in [0.4, 0.5) is 4.79 Å². The van der Waals surface area contributed by atoms with E-state index in [4.69, 9.17) is 4.74 Å². The first-order valence-corrected chi connectivity index (χ1v) is 14.3. The first-order valence-electron chi connectivity index (χ1n) is 11.8. The van der Waals surface area contributed by atoms with Crippen molar-refractivity contribution in [3.05, 3.63) is 52.2 Å². The molecule has 1 aliphatic heterocycles. The van der Waals surface area contributed by atoms with E-state index < -0.39 is 12.1 Å². The van der Waals surface area contributed by atoms with Gasteiger partial charge in [-0.25, -0.2) is 9.78 Å². The van der Waals surface area contributed by atoms with Gasteiger partial charge in [0.05, 0.1) is 28.8 Å². The average Bonchev–Trinajstić information content (AvgIpc) is 3.65. The van der Waals surface area contributed by atoms with Crippen molar-refractivity contribution in [2.45, 2.75) is 38.8 Å². The molecule has 0 aliphatic carbocycles. The summed E-state index contributed by atoms with van der Waals surface area (Å²) < 4.78 is 8.46. The molecule has 2 atom stereocenters. The van der Waals surface area contributed by atoms with Crippen LogP contribution in [-0.2, 0) is 9.53 Å². The van der Waals surface area contributed by atoms with Gasteiger partial charge in [0.25, 0.3) is 0 Å². The first kappa shape index (κ1) is 25.0. The molecule has 4 aromatic rings. The largest absolute Gasteiger partial charge is 0.453 e. The predicted octanol–water partition coefficient (Wildman–Crippen LogP) is 6.83. The van der Waals surface area contributed by atoms with Crippen molar-refractivity contribution < 1.29 is 14.3 Å². The number of hydrogen-bond acceptors (Lipinski definition) is 6. The Morgan fingerprint density at radius 2 is 1.89 bits per heavy atom. The van der Waals surface area contributed by atoms with Crippen LogP contribution in [0.3, 0.4) is 0 Å². The highest BCUT2D eigenvalue weighted by Gasteiger charge is 2.37. The molecule has 1 aromatic carbocycles. The van der Waals surface area contributed by atoms with Crippen LogP contribution in [0, 0.1) is 5.92 Å². The predicted molar refractivity (Wildman–Crippen MR) is 148 cm³/mol. The Bertz CT molecular complexity index is 1360. The van der Waals surface area contributed by atoms with Crippen LogP contribution in [0.1, 0.15) is 38.6 Å². The van der Waals surface area contributed by atoms with Gasteiger partial charge in [0.15, 0.2) is 0 Å². The highest BCUT2D eigenvalue weighted by atomic mass is 79.9. The maximum absolute atomic E-state index is 13.3. The molecule has 0 radical (unpaired) electrons. The fourth-order valence-corrected chi connectivity index (χ4v) is 7.64. The molecule has 0 spiro atoms. The molecule has 0 saturated carbocycles. The van der Waals surface area contributed by atoms with E-state index in [0.717, 1.165) is 33.7 Å². The second kappa shape index (κ2) is 10.4. The van der Waals surface area contributed by atoms with Crippen LogP contribution in [0.2, 0.25) is 0 Å². The van der Waals surface area contributed by atoms with Crippen molar-refractivity contribution in [2.24, 2.45) is 5.92 Å². The quantitative estimate of drug-likeness (QED) is 0.259. The number of imidazole rings is 1. The molecular weight excluding hydrogens is 560 g/mol. The van der Waals surface area contributed by atoms with E-state index in [1.54, 1.807) is 22.7 Å². The maximum Gasteiger partial charge on any atom is 0.407 e. The summed E-state index contributed by atoms with van der Waals surface area (Å²) in [5.41, 5.74) is 3.15. The molecule has 0 bridgehead atoms. The Morgan fingerprint density at radius 1 is 1.17 bits per heavy atom. The number of fused-ring (bicyclic) bond motifs is 1. The van der Waals surface area contributed by atoms with E-state index in [1.807, 2.05) is 24.9 Å². The standard InChI is InChI=1S/C26H27BrN4O3S2/c1-14(2)23(30-26(33)34-3)25(32)31-10-4-5-18(31)24-28-13-17(29-24)15-6-8-16(9-7-15)19-11-20-21(35-19)12-22(27)36-20/h6-9,11-14,18,23H,4-5,10H2,1-3H3,(H,28,29)(H,30,33)/t18?,23-/m0/s1. The summed E-state index contributed by atoms with van der Waals surface area (Å²) in [7, 11) is 1.30. The number of rotatable bonds is 6. The molecule has 5 rings (SSSR count). The zero-order chi connectivity index (χ0) is 25.4. The monoisotopic (exact) mass is 586 g/mol. The van der Waals surface area contributed by atoms with Crippen molar-refractivity contribution >= 4 is 60.0 Å². The van der Waals surface area contributed by atoms with Gasteiger partial charge in [-0.2, -0.15) is 0 Å². The van der Waals surface area contributed by atoms with Crippen molar-refractivity contribution in [3.8, 4) is 21.7 Å². The van der Waals surface area contributed by atoms with Gasteiger partial charge < -0.3 is 19.9 Å². The van der Waals surface area contributed by atoms with Crippen LogP contribution < -0.4 is 5.32 Å². The lowest BCUT2D eigenvalue weighted by Gasteiger charge is -2.30. The van der Waals surface area contributed by atoms with Gasteiger partial charge in [-0.3, -0.25) is 4.79 Å². The molecule has 36 heavy (non-hydrogen) atoms. The molecule has 1 aliphatic rings. The molecule has 1 unspecified atom stereocenters. The molecular formula is C26H27BrN4O3S2. The maximum atomic E-state index is 13.3. The molecule has 2 N–H and O–H groups in total. The number of ether oxygens (including phenoxy) is 1. The number of hydrogen-bond donors (Lipinski definition) is 2. The van der Waals surface area contributed by atoms with Gasteiger partial charge in [0.1, 0.15) is 11.9 Å². The molecule has 10 heteroatoms. The van der Waals surface area contributed by atoms with Crippen LogP contribution in [-0.4, -0.2) is 46.6 Å². The summed E-state index contributed by atoms with van der Waals surface area (Å²) in [6, 6.07) is 12.1. The molecule has 188 valence electrons. The number of carbonyl (C=O) groups is 2. The number of nitrogens with one attached hydrogen (secondary N) is 2. The number of halogens is 1. The normalized spacial score (nSPS) is 16.6. The van der Waals surface area contributed by atoms with E-state index >= 15 is 0 Å². The van der Waals surface area contributed by atoms with Crippen molar-refractivity contribution in [1.82, 2.24) is 20.2 Å². The topological polar surface area (TPSA) is 87.3 Å². The minimum Gasteiger partial charge on any atom is -0.453 e. The van der Waals surface area contributed by atoms with E-state index in [0.29, 0.717) is 6.54 Å². The molecule has 3 aromatic heterocycles. The first-order chi connectivity index (χ1) is 17.3. The molecule has 7 nitrogen and oxygen atoms in total. The number of H-pyrrole nitrogens is 1. The summed E-state index contributed by atoms with van der Waals surface area (Å²) >= 11 is 7.10.